The lowest BCUT2D eigenvalue weighted by molar-refractivity contribution is -0.139. The van der Waals surface area contributed by atoms with Crippen molar-refractivity contribution in [1.29, 1.82) is 0 Å². The first-order valence-electron chi connectivity index (χ1n) is 11.8. The first-order chi connectivity index (χ1) is 16.6. The normalized spacial score (nSPS) is 11.6. The van der Waals surface area contributed by atoms with Gasteiger partial charge in [-0.05, 0) is 30.0 Å². The van der Waals surface area contributed by atoms with Gasteiger partial charge in [-0.3, -0.25) is 9.59 Å². The predicted octanol–water partition coefficient (Wildman–Crippen LogP) is 5.39. The molecule has 1 atom stereocenters. The van der Waals surface area contributed by atoms with Gasteiger partial charge in [0.1, 0.15) is 6.04 Å². The molecule has 3 rings (SSSR count). The summed E-state index contributed by atoms with van der Waals surface area (Å²) in [4.78, 5) is 28.6. The van der Waals surface area contributed by atoms with Crippen LogP contribution in [0, 0.1) is 6.92 Å². The van der Waals surface area contributed by atoms with Crippen molar-refractivity contribution in [3.05, 3.63) is 107 Å². The summed E-state index contributed by atoms with van der Waals surface area (Å²) < 4.78 is 0. The third-order valence-corrected chi connectivity index (χ3v) is 6.58. The van der Waals surface area contributed by atoms with Crippen LogP contribution in [0.15, 0.2) is 84.9 Å². The van der Waals surface area contributed by atoms with Crippen molar-refractivity contribution >= 4 is 23.6 Å². The molecule has 0 aromatic heterocycles. The minimum absolute atomic E-state index is 0.0194. The van der Waals surface area contributed by atoms with Gasteiger partial charge in [0.2, 0.25) is 11.8 Å². The molecule has 3 aromatic carbocycles. The molecule has 0 bridgehead atoms. The Balaban J connectivity index is 1.80. The molecule has 0 aliphatic carbocycles. The van der Waals surface area contributed by atoms with Crippen LogP contribution >= 0.6 is 11.8 Å². The van der Waals surface area contributed by atoms with E-state index in [0.29, 0.717) is 25.3 Å². The number of benzene rings is 3. The van der Waals surface area contributed by atoms with Crippen LogP contribution in [0.3, 0.4) is 0 Å². The van der Waals surface area contributed by atoms with Crippen molar-refractivity contribution in [3.63, 3.8) is 0 Å². The van der Waals surface area contributed by atoms with Crippen LogP contribution in [0.2, 0.25) is 0 Å². The van der Waals surface area contributed by atoms with Gasteiger partial charge in [0.15, 0.2) is 0 Å². The fraction of sp³-hybridized carbons (Fsp3) is 0.310. The molecule has 2 amide bonds. The largest absolute Gasteiger partial charge is 0.354 e. The van der Waals surface area contributed by atoms with Crippen LogP contribution in [0.5, 0.6) is 0 Å². The fourth-order valence-corrected chi connectivity index (χ4v) is 4.70. The zero-order chi connectivity index (χ0) is 24.2. The number of aryl methyl sites for hydroxylation is 1. The molecule has 0 saturated carbocycles. The van der Waals surface area contributed by atoms with Crippen LogP contribution in [0.25, 0.3) is 0 Å². The van der Waals surface area contributed by atoms with E-state index in [1.165, 1.54) is 11.1 Å². The summed E-state index contributed by atoms with van der Waals surface area (Å²) in [5.41, 5.74) is 4.47. The number of carbonyl (C=O) groups is 2. The molecule has 0 fully saturated rings. The molecule has 1 N–H and O–H groups in total. The van der Waals surface area contributed by atoms with Gasteiger partial charge in [0, 0.05) is 25.3 Å². The van der Waals surface area contributed by atoms with E-state index in [1.807, 2.05) is 73.7 Å². The second-order valence-corrected chi connectivity index (χ2v) is 9.47. The van der Waals surface area contributed by atoms with E-state index in [2.05, 4.69) is 30.4 Å². The van der Waals surface area contributed by atoms with Crippen LogP contribution in [-0.2, 0) is 28.3 Å². The summed E-state index contributed by atoms with van der Waals surface area (Å²) in [5.74, 6) is 0.971. The molecular weight excluding hydrogens is 440 g/mol. The van der Waals surface area contributed by atoms with Gasteiger partial charge in [-0.15, -0.1) is 11.8 Å². The van der Waals surface area contributed by atoms with Crippen LogP contribution in [0.4, 0.5) is 0 Å². The number of nitrogens with one attached hydrogen (secondary N) is 1. The zero-order valence-corrected chi connectivity index (χ0v) is 20.9. The van der Waals surface area contributed by atoms with Crippen molar-refractivity contribution in [2.45, 2.75) is 45.0 Å². The number of nitrogens with zero attached hydrogens (tertiary/aromatic N) is 1. The monoisotopic (exact) mass is 474 g/mol. The summed E-state index contributed by atoms with van der Waals surface area (Å²) >= 11 is 1.59. The Bertz CT molecular complexity index is 1040. The average Bonchev–Trinajstić information content (AvgIpc) is 2.86. The molecule has 0 spiro atoms. The Morgan fingerprint density at radius 2 is 1.53 bits per heavy atom. The molecule has 34 heavy (non-hydrogen) atoms. The van der Waals surface area contributed by atoms with Crippen LogP contribution in [-0.4, -0.2) is 35.1 Å². The summed E-state index contributed by atoms with van der Waals surface area (Å²) in [6, 6.07) is 27.6. The number of thioether (sulfide) groups is 1. The molecule has 0 radical (unpaired) electrons. The van der Waals surface area contributed by atoms with Crippen molar-refractivity contribution < 1.29 is 9.59 Å². The van der Waals surface area contributed by atoms with Crippen molar-refractivity contribution in [1.82, 2.24) is 10.2 Å². The second kappa shape index (κ2) is 13.6. The maximum atomic E-state index is 13.5. The Hall–Kier alpha value is -3.05. The molecule has 0 heterocycles. The van der Waals surface area contributed by atoms with Gasteiger partial charge < -0.3 is 10.2 Å². The minimum Gasteiger partial charge on any atom is -0.354 e. The van der Waals surface area contributed by atoms with Gasteiger partial charge in [-0.25, -0.2) is 0 Å². The quantitative estimate of drug-likeness (QED) is 0.383. The highest BCUT2D eigenvalue weighted by Crippen LogP contribution is 2.19. The van der Waals surface area contributed by atoms with Gasteiger partial charge in [0.25, 0.3) is 0 Å². The van der Waals surface area contributed by atoms with E-state index in [9.17, 15) is 9.59 Å². The lowest BCUT2D eigenvalue weighted by Crippen LogP contribution is -2.51. The van der Waals surface area contributed by atoms with Gasteiger partial charge in [-0.2, -0.15) is 0 Å². The Kier molecular flexibility index (Phi) is 10.2. The summed E-state index contributed by atoms with van der Waals surface area (Å²) in [5, 5.41) is 3.02. The average molecular weight is 475 g/mol. The molecule has 0 saturated heterocycles. The highest BCUT2D eigenvalue weighted by molar-refractivity contribution is 7.99. The molecule has 178 valence electrons. The van der Waals surface area contributed by atoms with Crippen molar-refractivity contribution in [2.75, 3.05) is 12.3 Å². The lowest BCUT2D eigenvalue weighted by Gasteiger charge is -2.31. The molecule has 5 heteroatoms. The maximum Gasteiger partial charge on any atom is 0.243 e. The number of amides is 2. The molecule has 0 unspecified atom stereocenters. The molecular formula is C29H34N2O2S. The minimum atomic E-state index is -0.568. The van der Waals surface area contributed by atoms with Crippen molar-refractivity contribution in [3.8, 4) is 0 Å². The highest BCUT2D eigenvalue weighted by atomic mass is 32.2. The topological polar surface area (TPSA) is 49.4 Å². The van der Waals surface area contributed by atoms with E-state index in [4.69, 9.17) is 0 Å². The maximum absolute atomic E-state index is 13.5. The van der Waals surface area contributed by atoms with Gasteiger partial charge in [0.05, 0.1) is 5.75 Å². The number of hydrogen-bond donors (Lipinski definition) is 1. The molecule has 3 aromatic rings. The lowest BCUT2D eigenvalue weighted by atomic mass is 10.0. The first-order valence-corrected chi connectivity index (χ1v) is 13.0. The van der Waals surface area contributed by atoms with E-state index < -0.39 is 6.04 Å². The SMILES string of the molecule is CCCNC(=O)[C@H](Cc1ccccc1)N(Cc1ccccc1)C(=O)CSCc1cccc(C)c1. The van der Waals surface area contributed by atoms with Gasteiger partial charge >= 0.3 is 0 Å². The molecule has 0 aliphatic rings. The van der Waals surface area contributed by atoms with Crippen LogP contribution < -0.4 is 5.32 Å². The third-order valence-electron chi connectivity index (χ3n) is 5.59. The number of hydrogen-bond acceptors (Lipinski definition) is 3. The number of rotatable bonds is 12. The molecule has 4 nitrogen and oxygen atoms in total. The van der Waals surface area contributed by atoms with E-state index >= 15 is 0 Å². The van der Waals surface area contributed by atoms with E-state index in [1.54, 1.807) is 16.7 Å². The third kappa shape index (κ3) is 8.07. The summed E-state index contributed by atoms with van der Waals surface area (Å²) in [6.45, 7) is 5.10. The Labute approximate surface area is 207 Å². The first kappa shape index (κ1) is 25.6. The molecule has 0 aliphatic heterocycles. The van der Waals surface area contributed by atoms with E-state index in [0.717, 1.165) is 23.3 Å². The van der Waals surface area contributed by atoms with Crippen LogP contribution in [0.1, 0.15) is 35.6 Å². The summed E-state index contributed by atoms with van der Waals surface area (Å²) in [6.07, 6.45) is 1.33. The zero-order valence-electron chi connectivity index (χ0n) is 20.1. The van der Waals surface area contributed by atoms with Gasteiger partial charge in [-0.1, -0.05) is 97.4 Å². The number of carbonyl (C=O) groups excluding carboxylic acids is 2. The Morgan fingerprint density at radius 1 is 0.882 bits per heavy atom. The smallest absolute Gasteiger partial charge is 0.243 e. The standard InChI is InChI=1S/C29H34N2O2S/c1-3-17-30-29(33)27(19-24-12-6-4-7-13-24)31(20-25-14-8-5-9-15-25)28(32)22-34-21-26-16-10-11-23(2)18-26/h4-16,18,27H,3,17,19-22H2,1-2H3,(H,30,33)/t27-/m0/s1. The van der Waals surface area contributed by atoms with Crippen molar-refractivity contribution in [2.24, 2.45) is 0 Å². The fourth-order valence-electron chi connectivity index (χ4n) is 3.84. The second-order valence-electron chi connectivity index (χ2n) is 8.49. The summed E-state index contributed by atoms with van der Waals surface area (Å²) in [7, 11) is 0. The Morgan fingerprint density at radius 3 is 2.18 bits per heavy atom. The predicted molar refractivity (Wildman–Crippen MR) is 142 cm³/mol. The highest BCUT2D eigenvalue weighted by Gasteiger charge is 2.30. The van der Waals surface area contributed by atoms with E-state index in [-0.39, 0.29) is 11.8 Å².